The SMILES string of the molecule is c1ccc(COC2CCOC23CCC2(CCCCO2)O3)cc1. The Kier molecular flexibility index (Phi) is 3.95. The van der Waals surface area contributed by atoms with Crippen molar-refractivity contribution >= 4 is 0 Å². The van der Waals surface area contributed by atoms with Gasteiger partial charge < -0.3 is 18.9 Å². The normalized spacial score (nSPS) is 38.1. The molecular weight excluding hydrogens is 280 g/mol. The third-order valence-corrected chi connectivity index (χ3v) is 5.04. The van der Waals surface area contributed by atoms with Gasteiger partial charge in [0, 0.05) is 25.7 Å². The highest BCUT2D eigenvalue weighted by atomic mass is 16.8. The molecule has 0 N–H and O–H groups in total. The topological polar surface area (TPSA) is 36.9 Å². The number of hydrogen-bond donors (Lipinski definition) is 0. The van der Waals surface area contributed by atoms with E-state index in [2.05, 4.69) is 12.1 Å². The van der Waals surface area contributed by atoms with Gasteiger partial charge in [0.05, 0.1) is 19.8 Å². The molecule has 3 heterocycles. The van der Waals surface area contributed by atoms with Gasteiger partial charge in [0.1, 0.15) is 6.10 Å². The van der Waals surface area contributed by atoms with Crippen LogP contribution in [0.1, 0.15) is 44.1 Å². The van der Waals surface area contributed by atoms with E-state index < -0.39 is 11.6 Å². The Morgan fingerprint density at radius 1 is 1.00 bits per heavy atom. The zero-order chi connectivity index (χ0) is 14.9. The van der Waals surface area contributed by atoms with E-state index in [1.165, 1.54) is 12.0 Å². The second kappa shape index (κ2) is 5.93. The van der Waals surface area contributed by atoms with E-state index >= 15 is 0 Å². The molecule has 3 aliphatic heterocycles. The molecule has 3 fully saturated rings. The highest BCUT2D eigenvalue weighted by molar-refractivity contribution is 5.13. The van der Waals surface area contributed by atoms with Crippen LogP contribution in [0, 0.1) is 0 Å². The van der Waals surface area contributed by atoms with Crippen LogP contribution in [0.5, 0.6) is 0 Å². The summed E-state index contributed by atoms with van der Waals surface area (Å²) in [4.78, 5) is 0. The quantitative estimate of drug-likeness (QED) is 0.857. The minimum Gasteiger partial charge on any atom is -0.368 e. The first-order chi connectivity index (χ1) is 10.8. The monoisotopic (exact) mass is 304 g/mol. The minimum atomic E-state index is -0.591. The average Bonchev–Trinajstić information content (AvgIpc) is 3.12. The number of ether oxygens (including phenoxy) is 4. The number of hydrogen-bond acceptors (Lipinski definition) is 4. The molecule has 22 heavy (non-hydrogen) atoms. The lowest BCUT2D eigenvalue weighted by Crippen LogP contribution is -2.45. The summed E-state index contributed by atoms with van der Waals surface area (Å²) in [5.41, 5.74) is 1.19. The fraction of sp³-hybridized carbons (Fsp3) is 0.667. The van der Waals surface area contributed by atoms with Crippen LogP contribution in [0.25, 0.3) is 0 Å². The van der Waals surface area contributed by atoms with Crippen molar-refractivity contribution < 1.29 is 18.9 Å². The molecule has 120 valence electrons. The van der Waals surface area contributed by atoms with Crippen LogP contribution in [-0.2, 0) is 25.6 Å². The molecule has 0 radical (unpaired) electrons. The predicted octanol–water partition coefficient (Wildman–Crippen LogP) is 3.40. The lowest BCUT2D eigenvalue weighted by Gasteiger charge is -2.37. The molecule has 1 aromatic rings. The summed E-state index contributed by atoms with van der Waals surface area (Å²) in [6.45, 7) is 2.11. The van der Waals surface area contributed by atoms with Crippen LogP contribution in [0.15, 0.2) is 30.3 Å². The zero-order valence-electron chi connectivity index (χ0n) is 13.0. The Balaban J connectivity index is 1.42. The Morgan fingerprint density at radius 2 is 1.91 bits per heavy atom. The summed E-state index contributed by atoms with van der Waals surface area (Å²) in [6.07, 6.45) is 5.95. The fourth-order valence-corrected chi connectivity index (χ4v) is 3.85. The first kappa shape index (κ1) is 14.6. The van der Waals surface area contributed by atoms with E-state index in [-0.39, 0.29) is 6.10 Å². The van der Waals surface area contributed by atoms with Crippen LogP contribution in [0.2, 0.25) is 0 Å². The second-order valence-corrected chi connectivity index (χ2v) is 6.55. The van der Waals surface area contributed by atoms with Gasteiger partial charge in [0.15, 0.2) is 11.6 Å². The maximum Gasteiger partial charge on any atom is 0.198 e. The Labute approximate surface area is 131 Å². The van der Waals surface area contributed by atoms with Gasteiger partial charge in [-0.2, -0.15) is 0 Å². The van der Waals surface area contributed by atoms with Gasteiger partial charge in [0.2, 0.25) is 0 Å². The van der Waals surface area contributed by atoms with E-state index in [0.29, 0.717) is 13.2 Å². The van der Waals surface area contributed by atoms with E-state index in [1.807, 2.05) is 18.2 Å². The van der Waals surface area contributed by atoms with Gasteiger partial charge in [-0.05, 0) is 18.4 Å². The van der Waals surface area contributed by atoms with Crippen LogP contribution < -0.4 is 0 Å². The maximum absolute atomic E-state index is 6.37. The maximum atomic E-state index is 6.37. The molecule has 0 bridgehead atoms. The lowest BCUT2D eigenvalue weighted by atomic mass is 10.0. The van der Waals surface area contributed by atoms with Crippen molar-refractivity contribution in [3.05, 3.63) is 35.9 Å². The summed E-state index contributed by atoms with van der Waals surface area (Å²) < 4.78 is 24.5. The summed E-state index contributed by atoms with van der Waals surface area (Å²) >= 11 is 0. The summed E-state index contributed by atoms with van der Waals surface area (Å²) in [7, 11) is 0. The Morgan fingerprint density at radius 3 is 2.73 bits per heavy atom. The van der Waals surface area contributed by atoms with E-state index in [9.17, 15) is 0 Å². The van der Waals surface area contributed by atoms with E-state index in [0.717, 1.165) is 38.7 Å². The molecule has 3 saturated heterocycles. The van der Waals surface area contributed by atoms with Crippen molar-refractivity contribution in [2.75, 3.05) is 13.2 Å². The fourth-order valence-electron chi connectivity index (χ4n) is 3.85. The molecule has 2 spiro atoms. The Bertz CT molecular complexity index is 497. The highest BCUT2D eigenvalue weighted by Crippen LogP contribution is 2.49. The van der Waals surface area contributed by atoms with Crippen LogP contribution >= 0.6 is 0 Å². The first-order valence-electron chi connectivity index (χ1n) is 8.44. The molecule has 3 atom stereocenters. The molecule has 4 nitrogen and oxygen atoms in total. The molecule has 3 aliphatic rings. The molecule has 4 rings (SSSR count). The third-order valence-electron chi connectivity index (χ3n) is 5.04. The van der Waals surface area contributed by atoms with Crippen molar-refractivity contribution in [1.82, 2.24) is 0 Å². The van der Waals surface area contributed by atoms with Crippen molar-refractivity contribution in [1.29, 1.82) is 0 Å². The highest BCUT2D eigenvalue weighted by Gasteiger charge is 2.58. The van der Waals surface area contributed by atoms with Crippen molar-refractivity contribution in [2.45, 2.75) is 62.8 Å². The van der Waals surface area contributed by atoms with Crippen molar-refractivity contribution in [2.24, 2.45) is 0 Å². The first-order valence-corrected chi connectivity index (χ1v) is 8.44. The standard InChI is InChI=1S/C18H24O4/c1-2-6-15(7-3-1)14-19-16-8-13-21-18(16)11-10-17(22-18)9-4-5-12-20-17/h1-3,6-7,16H,4-5,8-14H2. The minimum absolute atomic E-state index is 0.00222. The summed E-state index contributed by atoms with van der Waals surface area (Å²) in [5, 5.41) is 0. The van der Waals surface area contributed by atoms with E-state index in [1.54, 1.807) is 0 Å². The molecule has 0 aromatic heterocycles. The van der Waals surface area contributed by atoms with Gasteiger partial charge >= 0.3 is 0 Å². The molecular formula is C18H24O4. The average molecular weight is 304 g/mol. The predicted molar refractivity (Wildman–Crippen MR) is 81.2 cm³/mol. The molecule has 0 aliphatic carbocycles. The van der Waals surface area contributed by atoms with Crippen molar-refractivity contribution in [3.8, 4) is 0 Å². The third kappa shape index (κ3) is 2.69. The van der Waals surface area contributed by atoms with Gasteiger partial charge in [-0.1, -0.05) is 30.3 Å². The van der Waals surface area contributed by atoms with Gasteiger partial charge in [-0.25, -0.2) is 0 Å². The second-order valence-electron chi connectivity index (χ2n) is 6.55. The summed E-state index contributed by atoms with van der Waals surface area (Å²) in [6, 6.07) is 10.3. The van der Waals surface area contributed by atoms with Gasteiger partial charge in [-0.15, -0.1) is 0 Å². The van der Waals surface area contributed by atoms with Crippen LogP contribution in [0.3, 0.4) is 0 Å². The zero-order valence-corrected chi connectivity index (χ0v) is 13.0. The number of rotatable bonds is 3. The smallest absolute Gasteiger partial charge is 0.198 e. The molecule has 0 saturated carbocycles. The molecule has 1 aromatic carbocycles. The number of benzene rings is 1. The summed E-state index contributed by atoms with van der Waals surface area (Å²) in [5.74, 6) is -1.01. The molecule has 3 unspecified atom stereocenters. The lowest BCUT2D eigenvalue weighted by molar-refractivity contribution is -0.337. The largest absolute Gasteiger partial charge is 0.368 e. The van der Waals surface area contributed by atoms with Crippen LogP contribution in [-0.4, -0.2) is 30.9 Å². The van der Waals surface area contributed by atoms with Crippen molar-refractivity contribution in [3.63, 3.8) is 0 Å². The Hall–Kier alpha value is -0.940. The van der Waals surface area contributed by atoms with E-state index in [4.69, 9.17) is 18.9 Å². The molecule has 0 amide bonds. The van der Waals surface area contributed by atoms with Gasteiger partial charge in [-0.3, -0.25) is 0 Å². The molecule has 4 heteroatoms. The van der Waals surface area contributed by atoms with Gasteiger partial charge in [0.25, 0.3) is 0 Å². The van der Waals surface area contributed by atoms with Crippen LogP contribution in [0.4, 0.5) is 0 Å².